The second-order valence-electron chi connectivity index (χ2n) is 4.29. The summed E-state index contributed by atoms with van der Waals surface area (Å²) in [5, 5.41) is 0. The van der Waals surface area contributed by atoms with Crippen molar-refractivity contribution in [1.29, 1.82) is 0 Å². The van der Waals surface area contributed by atoms with Crippen LogP contribution in [-0.2, 0) is 19.0 Å². The van der Waals surface area contributed by atoms with E-state index >= 15 is 0 Å². The van der Waals surface area contributed by atoms with Gasteiger partial charge in [-0.25, -0.2) is 0 Å². The molecule has 0 aliphatic carbocycles. The van der Waals surface area contributed by atoms with Crippen LogP contribution in [0.15, 0.2) is 0 Å². The first-order valence-corrected chi connectivity index (χ1v) is 5.08. The van der Waals surface area contributed by atoms with Gasteiger partial charge < -0.3 is 14.2 Å². The molecule has 0 N–H and O–H groups in total. The molecule has 2 heterocycles. The highest BCUT2D eigenvalue weighted by atomic mass is 16.7. The Hall–Kier alpha value is -0.610. The lowest BCUT2D eigenvalue weighted by molar-refractivity contribution is -0.304. The first-order valence-electron chi connectivity index (χ1n) is 5.08. The topological polar surface area (TPSA) is 44.8 Å². The second-order valence-corrected chi connectivity index (χ2v) is 4.29. The molecule has 0 aromatic heterocycles. The monoisotopic (exact) mass is 200 g/mol. The van der Waals surface area contributed by atoms with E-state index in [1.807, 2.05) is 13.8 Å². The van der Waals surface area contributed by atoms with Crippen molar-refractivity contribution in [2.24, 2.45) is 0 Å². The van der Waals surface area contributed by atoms with E-state index in [0.717, 1.165) is 12.8 Å². The third kappa shape index (κ3) is 2.07. The Kier molecular flexibility index (Phi) is 2.49. The Labute approximate surface area is 83.5 Å². The summed E-state index contributed by atoms with van der Waals surface area (Å²) in [6, 6.07) is 0. The standard InChI is InChI=1S/C10H16O4/c1-10(2)12-6-8-7(14-10)4-3-5-9(11)13-8/h7-8H,3-6H2,1-2H3/t7-,8+/m0/s1. The molecule has 2 rings (SSSR count). The Bertz CT molecular complexity index is 236. The quantitative estimate of drug-likeness (QED) is 0.552. The number of ether oxygens (including phenoxy) is 3. The minimum Gasteiger partial charge on any atom is -0.457 e. The van der Waals surface area contributed by atoms with Crippen LogP contribution in [0.4, 0.5) is 0 Å². The molecule has 2 fully saturated rings. The molecule has 0 aromatic rings. The summed E-state index contributed by atoms with van der Waals surface area (Å²) in [7, 11) is 0. The lowest BCUT2D eigenvalue weighted by Crippen LogP contribution is -2.49. The van der Waals surface area contributed by atoms with E-state index in [0.29, 0.717) is 13.0 Å². The molecule has 0 radical (unpaired) electrons. The van der Waals surface area contributed by atoms with Gasteiger partial charge in [-0.3, -0.25) is 4.79 Å². The van der Waals surface area contributed by atoms with Crippen LogP contribution in [0.2, 0.25) is 0 Å². The maximum Gasteiger partial charge on any atom is 0.306 e. The van der Waals surface area contributed by atoms with Gasteiger partial charge in [-0.05, 0) is 26.7 Å². The number of hydrogen-bond acceptors (Lipinski definition) is 4. The van der Waals surface area contributed by atoms with Crippen molar-refractivity contribution in [2.75, 3.05) is 6.61 Å². The molecular weight excluding hydrogens is 184 g/mol. The summed E-state index contributed by atoms with van der Waals surface area (Å²) in [6.45, 7) is 4.22. The Morgan fingerprint density at radius 3 is 2.93 bits per heavy atom. The van der Waals surface area contributed by atoms with Crippen molar-refractivity contribution in [3.63, 3.8) is 0 Å². The van der Waals surface area contributed by atoms with Crippen molar-refractivity contribution >= 4 is 5.97 Å². The van der Waals surface area contributed by atoms with Crippen molar-refractivity contribution in [3.05, 3.63) is 0 Å². The van der Waals surface area contributed by atoms with Gasteiger partial charge in [0.05, 0.1) is 6.61 Å². The fourth-order valence-electron chi connectivity index (χ4n) is 1.89. The lowest BCUT2D eigenvalue weighted by atomic mass is 10.1. The lowest BCUT2D eigenvalue weighted by Gasteiger charge is -2.39. The maximum atomic E-state index is 11.2. The zero-order valence-electron chi connectivity index (χ0n) is 8.62. The van der Waals surface area contributed by atoms with Crippen LogP contribution < -0.4 is 0 Å². The Morgan fingerprint density at radius 1 is 1.36 bits per heavy atom. The highest BCUT2D eigenvalue weighted by Gasteiger charge is 2.39. The van der Waals surface area contributed by atoms with E-state index in [2.05, 4.69) is 0 Å². The summed E-state index contributed by atoms with van der Waals surface area (Å²) in [6.07, 6.45) is 2.01. The third-order valence-corrected chi connectivity index (χ3v) is 2.60. The van der Waals surface area contributed by atoms with Gasteiger partial charge in [0, 0.05) is 6.42 Å². The molecule has 0 saturated carbocycles. The van der Waals surface area contributed by atoms with Gasteiger partial charge in [-0.15, -0.1) is 0 Å². The van der Waals surface area contributed by atoms with E-state index in [1.165, 1.54) is 0 Å². The predicted molar refractivity (Wildman–Crippen MR) is 48.6 cm³/mol. The first-order chi connectivity index (χ1) is 6.57. The summed E-state index contributed by atoms with van der Waals surface area (Å²) in [4.78, 5) is 11.2. The smallest absolute Gasteiger partial charge is 0.306 e. The molecule has 14 heavy (non-hydrogen) atoms. The Morgan fingerprint density at radius 2 is 2.14 bits per heavy atom. The molecule has 2 saturated heterocycles. The van der Waals surface area contributed by atoms with Crippen molar-refractivity contribution in [3.8, 4) is 0 Å². The van der Waals surface area contributed by atoms with Crippen molar-refractivity contribution in [1.82, 2.24) is 0 Å². The van der Waals surface area contributed by atoms with Crippen LogP contribution in [0.3, 0.4) is 0 Å². The van der Waals surface area contributed by atoms with E-state index in [4.69, 9.17) is 14.2 Å². The summed E-state index contributed by atoms with van der Waals surface area (Å²) < 4.78 is 16.4. The van der Waals surface area contributed by atoms with E-state index in [-0.39, 0.29) is 18.2 Å². The SMILES string of the molecule is CC1(C)OC[C@H]2OC(=O)CCC[C@@H]2O1. The molecule has 0 spiro atoms. The zero-order chi connectivity index (χ0) is 10.2. The number of hydrogen-bond donors (Lipinski definition) is 0. The fourth-order valence-corrected chi connectivity index (χ4v) is 1.89. The van der Waals surface area contributed by atoms with Crippen LogP contribution in [0.5, 0.6) is 0 Å². The largest absolute Gasteiger partial charge is 0.457 e. The maximum absolute atomic E-state index is 11.2. The van der Waals surface area contributed by atoms with Gasteiger partial charge in [0.2, 0.25) is 0 Å². The summed E-state index contributed by atoms with van der Waals surface area (Å²) >= 11 is 0. The molecule has 2 atom stereocenters. The second kappa shape index (κ2) is 3.51. The van der Waals surface area contributed by atoms with Gasteiger partial charge in [-0.2, -0.15) is 0 Å². The minimum absolute atomic E-state index is 0.00481. The van der Waals surface area contributed by atoms with Crippen LogP contribution in [-0.4, -0.2) is 30.6 Å². The fraction of sp³-hybridized carbons (Fsp3) is 0.900. The van der Waals surface area contributed by atoms with E-state index < -0.39 is 5.79 Å². The number of fused-ring (bicyclic) bond motifs is 1. The molecule has 4 heteroatoms. The summed E-state index contributed by atoms with van der Waals surface area (Å²) in [5.74, 6) is -0.679. The number of rotatable bonds is 0. The van der Waals surface area contributed by atoms with Gasteiger partial charge in [-0.1, -0.05) is 0 Å². The predicted octanol–water partition coefficient (Wildman–Crippen LogP) is 1.23. The van der Waals surface area contributed by atoms with E-state index in [1.54, 1.807) is 0 Å². The van der Waals surface area contributed by atoms with Gasteiger partial charge >= 0.3 is 5.97 Å². The number of carbonyl (C=O) groups is 1. The molecule has 0 unspecified atom stereocenters. The summed E-state index contributed by atoms with van der Waals surface area (Å²) in [5.41, 5.74) is 0. The molecule has 0 bridgehead atoms. The highest BCUT2D eigenvalue weighted by molar-refractivity contribution is 5.69. The molecular formula is C10H16O4. The minimum atomic E-state index is -0.544. The van der Waals surface area contributed by atoms with Crippen LogP contribution >= 0.6 is 0 Å². The highest BCUT2D eigenvalue weighted by Crippen LogP contribution is 2.29. The third-order valence-electron chi connectivity index (χ3n) is 2.60. The molecule has 0 amide bonds. The average Bonchev–Trinajstić information content (AvgIpc) is 2.24. The number of esters is 1. The molecule has 0 aromatic carbocycles. The van der Waals surface area contributed by atoms with Crippen molar-refractivity contribution in [2.45, 2.75) is 51.1 Å². The molecule has 2 aliphatic rings. The molecule has 4 nitrogen and oxygen atoms in total. The van der Waals surface area contributed by atoms with Crippen LogP contribution in [0, 0.1) is 0 Å². The van der Waals surface area contributed by atoms with Gasteiger partial charge in [0.25, 0.3) is 0 Å². The zero-order valence-corrected chi connectivity index (χ0v) is 8.62. The normalized spacial score (nSPS) is 36.9. The van der Waals surface area contributed by atoms with E-state index in [9.17, 15) is 4.79 Å². The van der Waals surface area contributed by atoms with Crippen LogP contribution in [0.25, 0.3) is 0 Å². The molecule has 80 valence electrons. The first kappa shape index (κ1) is 9.93. The van der Waals surface area contributed by atoms with Crippen LogP contribution in [0.1, 0.15) is 33.1 Å². The number of carbonyl (C=O) groups excluding carboxylic acids is 1. The molecule has 2 aliphatic heterocycles. The average molecular weight is 200 g/mol. The van der Waals surface area contributed by atoms with Gasteiger partial charge in [0.1, 0.15) is 6.10 Å². The van der Waals surface area contributed by atoms with Crippen molar-refractivity contribution < 1.29 is 19.0 Å². The Balaban J connectivity index is 2.05. The van der Waals surface area contributed by atoms with Gasteiger partial charge in [0.15, 0.2) is 11.9 Å².